The first-order valence-corrected chi connectivity index (χ1v) is 10.4. The normalized spacial score (nSPS) is 14.9. The first-order valence-electron chi connectivity index (χ1n) is 10.4. The van der Waals surface area contributed by atoms with Gasteiger partial charge < -0.3 is 24.6 Å². The molecule has 2 amide bonds. The highest BCUT2D eigenvalue weighted by atomic mass is 16.5. The molecule has 30 heavy (non-hydrogen) atoms. The summed E-state index contributed by atoms with van der Waals surface area (Å²) in [6, 6.07) is 9.91. The Kier molecular flexibility index (Phi) is 7.90. The standard InChI is InChI=1S/C23H32N4O3/c1-26(17-19-16-21(29-2)4-5-22(19)30-3)23(28)25-20-9-14-27(15-10-20)13-8-18-6-11-24-12-7-18/h4-7,11-12,16,20H,8-10,13-15,17H2,1-3H3,(H,25,28). The lowest BCUT2D eigenvalue weighted by molar-refractivity contribution is 0.177. The number of pyridine rings is 1. The number of hydrogen-bond acceptors (Lipinski definition) is 5. The molecular formula is C23H32N4O3. The van der Waals surface area contributed by atoms with E-state index in [1.165, 1.54) is 5.56 Å². The van der Waals surface area contributed by atoms with Crippen LogP contribution in [0.25, 0.3) is 0 Å². The van der Waals surface area contributed by atoms with Crippen LogP contribution in [0.1, 0.15) is 24.0 Å². The third-order valence-electron chi connectivity index (χ3n) is 5.62. The van der Waals surface area contributed by atoms with Gasteiger partial charge in [0, 0.05) is 50.7 Å². The van der Waals surface area contributed by atoms with Crippen molar-refractivity contribution < 1.29 is 14.3 Å². The van der Waals surface area contributed by atoms with Crippen molar-refractivity contribution in [3.8, 4) is 11.5 Å². The number of carbonyl (C=O) groups excluding carboxylic acids is 1. The molecule has 0 bridgehead atoms. The maximum Gasteiger partial charge on any atom is 0.317 e. The monoisotopic (exact) mass is 412 g/mol. The van der Waals surface area contributed by atoms with Gasteiger partial charge in [0.05, 0.1) is 20.8 Å². The average molecular weight is 413 g/mol. The Morgan fingerprint density at radius 1 is 1.17 bits per heavy atom. The van der Waals surface area contributed by atoms with E-state index in [1.807, 2.05) is 30.6 Å². The van der Waals surface area contributed by atoms with Crippen LogP contribution in [0.2, 0.25) is 0 Å². The van der Waals surface area contributed by atoms with Crippen LogP contribution in [-0.2, 0) is 13.0 Å². The second-order valence-corrected chi connectivity index (χ2v) is 7.70. The summed E-state index contributed by atoms with van der Waals surface area (Å²) in [6.07, 6.45) is 6.66. The minimum atomic E-state index is -0.0601. The Labute approximate surface area is 179 Å². The number of piperidine rings is 1. The van der Waals surface area contributed by atoms with Gasteiger partial charge in [-0.05, 0) is 55.2 Å². The molecular weight excluding hydrogens is 380 g/mol. The number of benzene rings is 1. The minimum Gasteiger partial charge on any atom is -0.497 e. The van der Waals surface area contributed by atoms with E-state index in [-0.39, 0.29) is 12.1 Å². The van der Waals surface area contributed by atoms with Gasteiger partial charge in [0.25, 0.3) is 0 Å². The molecule has 0 unspecified atom stereocenters. The number of nitrogens with zero attached hydrogens (tertiary/aromatic N) is 3. The van der Waals surface area contributed by atoms with Crippen LogP contribution in [0.4, 0.5) is 4.79 Å². The van der Waals surface area contributed by atoms with Gasteiger partial charge in [-0.25, -0.2) is 4.79 Å². The summed E-state index contributed by atoms with van der Waals surface area (Å²) in [7, 11) is 5.07. The van der Waals surface area contributed by atoms with E-state index in [9.17, 15) is 4.79 Å². The molecule has 1 aromatic heterocycles. The molecule has 2 aromatic rings. The van der Waals surface area contributed by atoms with Crippen molar-refractivity contribution >= 4 is 6.03 Å². The molecule has 1 saturated heterocycles. The summed E-state index contributed by atoms with van der Waals surface area (Å²) >= 11 is 0. The largest absolute Gasteiger partial charge is 0.497 e. The molecule has 162 valence electrons. The van der Waals surface area contributed by atoms with Crippen molar-refractivity contribution in [2.24, 2.45) is 0 Å². The molecule has 0 atom stereocenters. The number of carbonyl (C=O) groups is 1. The second kappa shape index (κ2) is 10.8. The van der Waals surface area contributed by atoms with Crippen LogP contribution >= 0.6 is 0 Å². The first-order chi connectivity index (χ1) is 14.6. The van der Waals surface area contributed by atoms with Crippen molar-refractivity contribution in [2.45, 2.75) is 31.8 Å². The number of rotatable bonds is 8. The zero-order valence-corrected chi connectivity index (χ0v) is 18.1. The lowest BCUT2D eigenvalue weighted by atomic mass is 10.0. The van der Waals surface area contributed by atoms with Crippen LogP contribution in [-0.4, -0.2) is 67.8 Å². The van der Waals surface area contributed by atoms with Crippen molar-refractivity contribution in [3.05, 3.63) is 53.9 Å². The van der Waals surface area contributed by atoms with Crippen molar-refractivity contribution in [1.29, 1.82) is 0 Å². The quantitative estimate of drug-likeness (QED) is 0.722. The fraction of sp³-hybridized carbons (Fsp3) is 0.478. The molecule has 1 aliphatic rings. The summed E-state index contributed by atoms with van der Waals surface area (Å²) in [5, 5.41) is 3.18. The predicted molar refractivity (Wildman–Crippen MR) is 117 cm³/mol. The Morgan fingerprint density at radius 3 is 2.57 bits per heavy atom. The third kappa shape index (κ3) is 6.10. The summed E-state index contributed by atoms with van der Waals surface area (Å²) in [5.41, 5.74) is 2.23. The molecule has 2 heterocycles. The van der Waals surface area contributed by atoms with E-state index in [0.717, 1.165) is 56.0 Å². The lowest BCUT2D eigenvalue weighted by Crippen LogP contribution is -2.48. The number of urea groups is 1. The molecule has 1 fully saturated rings. The molecule has 0 radical (unpaired) electrons. The molecule has 0 aliphatic carbocycles. The number of hydrogen-bond donors (Lipinski definition) is 1. The number of aromatic nitrogens is 1. The Bertz CT molecular complexity index is 807. The van der Waals surface area contributed by atoms with E-state index in [0.29, 0.717) is 6.54 Å². The number of amides is 2. The SMILES string of the molecule is COc1ccc(OC)c(CN(C)C(=O)NC2CCN(CCc3ccncc3)CC2)c1. The molecule has 1 N–H and O–H groups in total. The molecule has 1 aliphatic heterocycles. The number of nitrogens with one attached hydrogen (secondary N) is 1. The van der Waals surface area contributed by atoms with E-state index in [1.54, 1.807) is 26.2 Å². The summed E-state index contributed by atoms with van der Waals surface area (Å²) in [5.74, 6) is 1.50. The fourth-order valence-electron chi connectivity index (χ4n) is 3.76. The van der Waals surface area contributed by atoms with Crippen LogP contribution in [0.5, 0.6) is 11.5 Å². The van der Waals surface area contributed by atoms with Gasteiger partial charge in [-0.15, -0.1) is 0 Å². The number of ether oxygens (including phenoxy) is 2. The van der Waals surface area contributed by atoms with E-state index in [4.69, 9.17) is 9.47 Å². The Hall–Kier alpha value is -2.80. The van der Waals surface area contributed by atoms with Gasteiger partial charge in [0.1, 0.15) is 11.5 Å². The highest BCUT2D eigenvalue weighted by Crippen LogP contribution is 2.25. The fourth-order valence-corrected chi connectivity index (χ4v) is 3.76. The van der Waals surface area contributed by atoms with Crippen LogP contribution < -0.4 is 14.8 Å². The van der Waals surface area contributed by atoms with Gasteiger partial charge in [0.15, 0.2) is 0 Å². The Morgan fingerprint density at radius 2 is 1.90 bits per heavy atom. The number of methoxy groups -OCH3 is 2. The van der Waals surface area contributed by atoms with Crippen molar-refractivity contribution in [2.75, 3.05) is 40.9 Å². The minimum absolute atomic E-state index is 0.0601. The van der Waals surface area contributed by atoms with Gasteiger partial charge in [-0.1, -0.05) is 0 Å². The van der Waals surface area contributed by atoms with Crippen molar-refractivity contribution in [1.82, 2.24) is 20.1 Å². The highest BCUT2D eigenvalue weighted by Gasteiger charge is 2.22. The summed E-state index contributed by atoms with van der Waals surface area (Å²) < 4.78 is 10.7. The zero-order chi connectivity index (χ0) is 21.3. The first kappa shape index (κ1) is 21.9. The molecule has 0 saturated carbocycles. The number of likely N-dealkylation sites (tertiary alicyclic amines) is 1. The zero-order valence-electron chi connectivity index (χ0n) is 18.1. The van der Waals surface area contributed by atoms with E-state index < -0.39 is 0 Å². The van der Waals surface area contributed by atoms with Gasteiger partial charge in [-0.3, -0.25) is 4.98 Å². The smallest absolute Gasteiger partial charge is 0.317 e. The van der Waals surface area contributed by atoms with Crippen LogP contribution in [0.3, 0.4) is 0 Å². The van der Waals surface area contributed by atoms with Crippen LogP contribution in [0, 0.1) is 0 Å². The lowest BCUT2D eigenvalue weighted by Gasteiger charge is -2.33. The van der Waals surface area contributed by atoms with Crippen molar-refractivity contribution in [3.63, 3.8) is 0 Å². The summed E-state index contributed by atoms with van der Waals surface area (Å²) in [4.78, 5) is 20.9. The molecule has 7 heteroatoms. The second-order valence-electron chi connectivity index (χ2n) is 7.70. The topological polar surface area (TPSA) is 66.9 Å². The van der Waals surface area contributed by atoms with Gasteiger partial charge >= 0.3 is 6.03 Å². The van der Waals surface area contributed by atoms with Crippen LogP contribution in [0.15, 0.2) is 42.7 Å². The molecule has 3 rings (SSSR count). The van der Waals surface area contributed by atoms with E-state index >= 15 is 0 Å². The van der Waals surface area contributed by atoms with E-state index in [2.05, 4.69) is 27.3 Å². The molecule has 0 spiro atoms. The third-order valence-corrected chi connectivity index (χ3v) is 5.62. The summed E-state index contributed by atoms with van der Waals surface area (Å²) in [6.45, 7) is 3.50. The predicted octanol–water partition coefficient (Wildman–Crippen LogP) is 2.95. The highest BCUT2D eigenvalue weighted by molar-refractivity contribution is 5.74. The Balaban J connectivity index is 1.44. The molecule has 7 nitrogen and oxygen atoms in total. The average Bonchev–Trinajstić information content (AvgIpc) is 2.79. The molecule has 1 aromatic carbocycles. The van der Waals surface area contributed by atoms with Gasteiger partial charge in [-0.2, -0.15) is 0 Å². The van der Waals surface area contributed by atoms with Gasteiger partial charge in [0.2, 0.25) is 0 Å². The maximum atomic E-state index is 12.7. The maximum absolute atomic E-state index is 12.7.